The third-order valence-corrected chi connectivity index (χ3v) is 6.07. The lowest BCUT2D eigenvalue weighted by Crippen LogP contribution is -2.54. The third kappa shape index (κ3) is 6.02. The highest BCUT2D eigenvalue weighted by Gasteiger charge is 2.45. The Morgan fingerprint density at radius 2 is 1.91 bits per heavy atom. The number of morpholine rings is 1. The first-order valence-electron chi connectivity index (χ1n) is 10.8. The predicted molar refractivity (Wildman–Crippen MR) is 106 cm³/mol. The Balaban J connectivity index is 0.000000360. The molecule has 2 saturated heterocycles. The topological polar surface area (TPSA) is 92.5 Å². The Hall–Kier alpha value is -2.11. The monoisotopic (exact) mass is 462 g/mol. The van der Waals surface area contributed by atoms with Crippen LogP contribution in [0.2, 0.25) is 0 Å². The molecule has 0 spiro atoms. The molecule has 11 heteroatoms. The van der Waals surface area contributed by atoms with Crippen molar-refractivity contribution in [2.24, 2.45) is 0 Å². The van der Waals surface area contributed by atoms with Crippen LogP contribution in [0, 0.1) is 6.92 Å². The van der Waals surface area contributed by atoms with Gasteiger partial charge < -0.3 is 28.8 Å². The molecule has 1 N–H and O–H groups in total. The number of furan rings is 1. The van der Waals surface area contributed by atoms with E-state index in [1.165, 1.54) is 25.9 Å². The molecule has 0 unspecified atom stereocenters. The van der Waals surface area contributed by atoms with Gasteiger partial charge in [-0.1, -0.05) is 0 Å². The lowest BCUT2D eigenvalue weighted by Gasteiger charge is -2.39. The average Bonchev–Trinajstić information content (AvgIpc) is 3.49. The number of carboxylic acids is 1. The molecule has 1 aromatic rings. The van der Waals surface area contributed by atoms with E-state index in [0.29, 0.717) is 24.5 Å². The molecular weight excluding hydrogens is 433 g/mol. The Morgan fingerprint density at radius 1 is 1.22 bits per heavy atom. The Kier molecular flexibility index (Phi) is 8.18. The van der Waals surface area contributed by atoms with Crippen LogP contribution in [0.1, 0.15) is 41.8 Å². The second kappa shape index (κ2) is 10.7. The zero-order valence-corrected chi connectivity index (χ0v) is 18.0. The zero-order chi connectivity index (χ0) is 23.3. The van der Waals surface area contributed by atoms with Gasteiger partial charge in [0, 0.05) is 13.1 Å². The maximum absolute atomic E-state index is 12.9. The number of aliphatic carboxylic acids is 1. The zero-order valence-electron chi connectivity index (χ0n) is 18.0. The molecule has 1 aromatic heterocycles. The van der Waals surface area contributed by atoms with E-state index in [4.69, 9.17) is 23.8 Å². The lowest BCUT2D eigenvalue weighted by molar-refractivity contribution is -0.192. The number of hydrogen-bond donors (Lipinski definition) is 1. The van der Waals surface area contributed by atoms with E-state index in [-0.39, 0.29) is 24.2 Å². The molecule has 1 aliphatic carbocycles. The second-order valence-electron chi connectivity index (χ2n) is 8.13. The van der Waals surface area contributed by atoms with E-state index in [1.807, 2.05) is 11.8 Å². The van der Waals surface area contributed by atoms with Crippen LogP contribution < -0.4 is 0 Å². The fourth-order valence-corrected chi connectivity index (χ4v) is 4.45. The normalized spacial score (nSPS) is 25.9. The summed E-state index contributed by atoms with van der Waals surface area (Å²) in [6.07, 6.45) is 1.13. The molecule has 1 saturated carbocycles. The van der Waals surface area contributed by atoms with Crippen LogP contribution in [0.15, 0.2) is 16.7 Å². The van der Waals surface area contributed by atoms with Crippen LogP contribution in [0.25, 0.3) is 0 Å². The van der Waals surface area contributed by atoms with Crippen molar-refractivity contribution in [2.45, 2.75) is 57.0 Å². The van der Waals surface area contributed by atoms with Gasteiger partial charge in [-0.25, -0.2) is 4.79 Å². The van der Waals surface area contributed by atoms with E-state index in [0.717, 1.165) is 26.0 Å². The number of carbonyl (C=O) groups is 2. The number of aryl methyl sites for hydroxylation is 1. The van der Waals surface area contributed by atoms with Crippen molar-refractivity contribution in [2.75, 3.05) is 39.4 Å². The fraction of sp³-hybridized carbons (Fsp3) is 0.714. The number of likely N-dealkylation sites (tertiary alicyclic amines) is 1. The van der Waals surface area contributed by atoms with Crippen molar-refractivity contribution in [3.8, 4) is 0 Å². The Labute approximate surface area is 184 Å². The molecule has 180 valence electrons. The summed E-state index contributed by atoms with van der Waals surface area (Å²) in [7, 11) is 0. The van der Waals surface area contributed by atoms with Crippen molar-refractivity contribution in [1.82, 2.24) is 9.80 Å². The lowest BCUT2D eigenvalue weighted by atomic mass is 10.1. The minimum absolute atomic E-state index is 0.00323. The highest BCUT2D eigenvalue weighted by Crippen LogP contribution is 2.33. The Bertz CT molecular complexity index is 778. The third-order valence-electron chi connectivity index (χ3n) is 6.07. The van der Waals surface area contributed by atoms with Crippen molar-refractivity contribution < 1.29 is 41.8 Å². The molecule has 2 aliphatic heterocycles. The number of halogens is 3. The largest absolute Gasteiger partial charge is 0.490 e. The summed E-state index contributed by atoms with van der Waals surface area (Å²) < 4.78 is 49.2. The van der Waals surface area contributed by atoms with Crippen LogP contribution >= 0.6 is 0 Å². The SMILES string of the molecule is Cc1occc1C(=O)N1CCO[C@H]2[C@H](OCCN3CCCC3)CC[C@@H]21.O=C(O)C(F)(F)F. The standard InChI is InChI=1S/C19H28N2O4.C2HF3O2/c1-14-15(6-11-23-14)19(22)21-10-13-25-18-16(21)4-5-17(18)24-12-9-20-7-2-3-8-20;3-2(4,5)1(6)7/h6,11,16-18H,2-5,7-10,12-13H2,1H3;(H,6,7)/t16-,17+,18+;/m0./s1. The molecule has 3 fully saturated rings. The molecule has 4 rings (SSSR count). The molecule has 3 aliphatic rings. The van der Waals surface area contributed by atoms with Crippen LogP contribution in [0.5, 0.6) is 0 Å². The molecule has 0 bridgehead atoms. The van der Waals surface area contributed by atoms with Crippen LogP contribution in [0.3, 0.4) is 0 Å². The first kappa shape index (κ1) is 24.5. The number of ether oxygens (including phenoxy) is 2. The van der Waals surface area contributed by atoms with Gasteiger partial charge in [-0.2, -0.15) is 13.2 Å². The van der Waals surface area contributed by atoms with E-state index in [1.54, 1.807) is 12.3 Å². The summed E-state index contributed by atoms with van der Waals surface area (Å²) in [4.78, 5) is 26.2. The Morgan fingerprint density at radius 3 is 2.50 bits per heavy atom. The smallest absolute Gasteiger partial charge is 0.475 e. The van der Waals surface area contributed by atoms with Crippen LogP contribution in [-0.4, -0.2) is 90.6 Å². The maximum atomic E-state index is 12.9. The number of carboxylic acid groups (broad SMARTS) is 1. The molecule has 0 radical (unpaired) electrons. The number of nitrogens with zero attached hydrogens (tertiary/aromatic N) is 2. The number of alkyl halides is 3. The summed E-state index contributed by atoms with van der Waals surface area (Å²) >= 11 is 0. The van der Waals surface area contributed by atoms with E-state index in [2.05, 4.69) is 4.90 Å². The quantitative estimate of drug-likeness (QED) is 0.719. The summed E-state index contributed by atoms with van der Waals surface area (Å²) in [5.41, 5.74) is 0.666. The molecule has 1 amide bonds. The van der Waals surface area contributed by atoms with Crippen molar-refractivity contribution in [3.05, 3.63) is 23.7 Å². The molecule has 3 heterocycles. The number of fused-ring (bicyclic) bond motifs is 1. The van der Waals surface area contributed by atoms with Crippen molar-refractivity contribution in [3.63, 3.8) is 0 Å². The van der Waals surface area contributed by atoms with E-state index >= 15 is 0 Å². The van der Waals surface area contributed by atoms with Gasteiger partial charge >= 0.3 is 12.1 Å². The first-order valence-corrected chi connectivity index (χ1v) is 10.8. The van der Waals surface area contributed by atoms with Gasteiger partial charge in [-0.15, -0.1) is 0 Å². The second-order valence-corrected chi connectivity index (χ2v) is 8.13. The minimum Gasteiger partial charge on any atom is -0.475 e. The van der Waals surface area contributed by atoms with Gasteiger partial charge in [0.15, 0.2) is 0 Å². The van der Waals surface area contributed by atoms with Crippen molar-refractivity contribution >= 4 is 11.9 Å². The summed E-state index contributed by atoms with van der Waals surface area (Å²) in [5, 5.41) is 7.12. The van der Waals surface area contributed by atoms with Gasteiger partial charge in [0.25, 0.3) is 5.91 Å². The molecule has 32 heavy (non-hydrogen) atoms. The average molecular weight is 462 g/mol. The molecule has 8 nitrogen and oxygen atoms in total. The van der Waals surface area contributed by atoms with Gasteiger partial charge in [0.05, 0.1) is 37.2 Å². The highest BCUT2D eigenvalue weighted by atomic mass is 19.4. The van der Waals surface area contributed by atoms with Gasteiger partial charge in [-0.05, 0) is 51.8 Å². The maximum Gasteiger partial charge on any atom is 0.490 e. The number of hydrogen-bond acceptors (Lipinski definition) is 6. The minimum atomic E-state index is -5.08. The summed E-state index contributed by atoms with van der Waals surface area (Å²) in [6, 6.07) is 1.88. The van der Waals surface area contributed by atoms with Crippen LogP contribution in [-0.2, 0) is 14.3 Å². The van der Waals surface area contributed by atoms with Gasteiger partial charge in [0.1, 0.15) is 11.9 Å². The highest BCUT2D eigenvalue weighted by molar-refractivity contribution is 5.95. The fourth-order valence-electron chi connectivity index (χ4n) is 4.45. The number of amides is 1. The van der Waals surface area contributed by atoms with Crippen molar-refractivity contribution in [1.29, 1.82) is 0 Å². The van der Waals surface area contributed by atoms with Crippen LogP contribution in [0.4, 0.5) is 13.2 Å². The molecule has 3 atom stereocenters. The molecule has 0 aromatic carbocycles. The predicted octanol–water partition coefficient (Wildman–Crippen LogP) is 2.71. The van der Waals surface area contributed by atoms with E-state index < -0.39 is 12.1 Å². The van der Waals surface area contributed by atoms with Gasteiger partial charge in [-0.3, -0.25) is 4.79 Å². The van der Waals surface area contributed by atoms with Gasteiger partial charge in [0.2, 0.25) is 0 Å². The first-order chi connectivity index (χ1) is 15.2. The summed E-state index contributed by atoms with van der Waals surface area (Å²) in [6.45, 7) is 7.22. The number of carbonyl (C=O) groups excluding carboxylic acids is 1. The summed E-state index contributed by atoms with van der Waals surface area (Å²) in [5.74, 6) is -2.01. The molecular formula is C21H29F3N2O6. The van der Waals surface area contributed by atoms with E-state index in [9.17, 15) is 18.0 Å². The number of rotatable bonds is 5.